The van der Waals surface area contributed by atoms with Gasteiger partial charge in [0.05, 0.1) is 38.7 Å². The van der Waals surface area contributed by atoms with Gasteiger partial charge in [-0.25, -0.2) is 9.97 Å². The zero-order chi connectivity index (χ0) is 27.8. The van der Waals surface area contributed by atoms with Gasteiger partial charge in [-0.2, -0.15) is 0 Å². The molecule has 0 amide bonds. The predicted molar refractivity (Wildman–Crippen MR) is 161 cm³/mol. The van der Waals surface area contributed by atoms with Crippen molar-refractivity contribution in [2.24, 2.45) is 5.92 Å². The maximum absolute atomic E-state index is 7.10. The van der Waals surface area contributed by atoms with Gasteiger partial charge in [0.15, 0.2) is 5.82 Å². The smallest absolute Gasteiger partial charge is 0.261 e. The summed E-state index contributed by atoms with van der Waals surface area (Å²) in [6.07, 6.45) is 7.22. The van der Waals surface area contributed by atoms with Crippen LogP contribution >= 0.6 is 0 Å². The van der Waals surface area contributed by atoms with Crippen LogP contribution in [0.1, 0.15) is 51.6 Å². The first-order valence-electron chi connectivity index (χ1n) is 14.5. The molecular weight excluding hydrogens is 516 g/mol. The van der Waals surface area contributed by atoms with E-state index in [1.54, 1.807) is 0 Å². The topological polar surface area (TPSA) is 62.7 Å². The summed E-state index contributed by atoms with van der Waals surface area (Å²) in [5, 5.41) is 2.47. The molecule has 0 N–H and O–H groups in total. The predicted octanol–water partition coefficient (Wildman–Crippen LogP) is 5.17. The van der Waals surface area contributed by atoms with Crippen molar-refractivity contribution < 1.29 is 18.6 Å². The van der Waals surface area contributed by atoms with Gasteiger partial charge < -0.3 is 18.6 Å². The zero-order valence-corrected chi connectivity index (χ0v) is 25.1. The Balaban J connectivity index is 1.27. The summed E-state index contributed by atoms with van der Waals surface area (Å²) >= 11 is 0. The molecule has 2 heterocycles. The van der Waals surface area contributed by atoms with Gasteiger partial charge in [0.25, 0.3) is 8.32 Å². The lowest BCUT2D eigenvalue weighted by molar-refractivity contribution is -0.117. The minimum absolute atomic E-state index is 0.0608. The molecule has 212 valence electrons. The summed E-state index contributed by atoms with van der Waals surface area (Å²) in [4.78, 5) is 9.61. The molecule has 1 fully saturated rings. The molecule has 1 aromatic heterocycles. The van der Waals surface area contributed by atoms with Crippen molar-refractivity contribution in [3.63, 3.8) is 0 Å². The summed E-state index contributed by atoms with van der Waals surface area (Å²) in [7, 11) is -2.63. The molecule has 2 aromatic carbocycles. The van der Waals surface area contributed by atoms with Crippen LogP contribution in [0, 0.1) is 5.92 Å². The number of hydrogen-bond acceptors (Lipinski definition) is 6. The Kier molecular flexibility index (Phi) is 9.60. The van der Waals surface area contributed by atoms with Crippen LogP contribution in [0.15, 0.2) is 79.0 Å². The van der Waals surface area contributed by atoms with E-state index in [4.69, 9.17) is 23.6 Å². The van der Waals surface area contributed by atoms with E-state index in [0.29, 0.717) is 39.0 Å². The van der Waals surface area contributed by atoms with Crippen molar-refractivity contribution in [1.29, 1.82) is 0 Å². The molecule has 0 saturated carbocycles. The van der Waals surface area contributed by atoms with Crippen molar-refractivity contribution in [3.8, 4) is 0 Å². The van der Waals surface area contributed by atoms with Crippen LogP contribution in [0.4, 0.5) is 0 Å². The molecule has 2 atom stereocenters. The highest BCUT2D eigenvalue weighted by atomic mass is 28.4. The van der Waals surface area contributed by atoms with Crippen molar-refractivity contribution in [1.82, 2.24) is 9.97 Å². The second kappa shape index (κ2) is 13.3. The first-order chi connectivity index (χ1) is 19.5. The van der Waals surface area contributed by atoms with Crippen molar-refractivity contribution >= 4 is 24.3 Å². The Morgan fingerprint density at radius 3 is 2.25 bits per heavy atom. The van der Waals surface area contributed by atoms with Crippen LogP contribution < -0.4 is 10.4 Å². The van der Waals surface area contributed by atoms with Crippen molar-refractivity contribution in [3.05, 3.63) is 90.5 Å². The normalized spacial score (nSPS) is 20.2. The molecule has 7 heteroatoms. The van der Waals surface area contributed by atoms with Crippen LogP contribution in [0.5, 0.6) is 0 Å². The van der Waals surface area contributed by atoms with Gasteiger partial charge in [-0.3, -0.25) is 0 Å². The maximum atomic E-state index is 7.10. The minimum Gasteiger partial charge on any atom is -0.401 e. The quantitative estimate of drug-likeness (QED) is 0.320. The van der Waals surface area contributed by atoms with Gasteiger partial charge in [0.2, 0.25) is 0 Å². The van der Waals surface area contributed by atoms with Gasteiger partial charge in [-0.1, -0.05) is 87.5 Å². The highest BCUT2D eigenvalue weighted by Gasteiger charge is 2.50. The molecule has 1 saturated heterocycles. The van der Waals surface area contributed by atoms with Crippen LogP contribution in [0.2, 0.25) is 5.04 Å². The molecule has 2 aliphatic rings. The average molecular weight is 559 g/mol. The Labute approximate surface area is 239 Å². The summed E-state index contributed by atoms with van der Waals surface area (Å²) in [5.41, 5.74) is 2.13. The molecular formula is C33H42N2O4Si. The van der Waals surface area contributed by atoms with E-state index >= 15 is 0 Å². The summed E-state index contributed by atoms with van der Waals surface area (Å²) in [5.74, 6) is 1.32. The van der Waals surface area contributed by atoms with E-state index in [9.17, 15) is 0 Å². The van der Waals surface area contributed by atoms with E-state index in [0.717, 1.165) is 37.4 Å². The zero-order valence-electron chi connectivity index (χ0n) is 24.1. The molecule has 0 radical (unpaired) electrons. The van der Waals surface area contributed by atoms with Crippen LogP contribution in [0.25, 0.3) is 5.57 Å². The first kappa shape index (κ1) is 28.8. The number of nitrogens with zero attached hydrogens (tertiary/aromatic N) is 2. The third kappa shape index (κ3) is 6.78. The minimum atomic E-state index is -2.63. The molecule has 0 spiro atoms. The van der Waals surface area contributed by atoms with Gasteiger partial charge in [-0.05, 0) is 52.2 Å². The Morgan fingerprint density at radius 1 is 0.925 bits per heavy atom. The summed E-state index contributed by atoms with van der Waals surface area (Å²) < 4.78 is 24.2. The fourth-order valence-electron chi connectivity index (χ4n) is 5.82. The first-order valence-corrected chi connectivity index (χ1v) is 16.4. The number of aromatic nitrogens is 2. The second-order valence-corrected chi connectivity index (χ2v) is 16.1. The van der Waals surface area contributed by atoms with E-state index in [1.165, 1.54) is 15.9 Å². The average Bonchev–Trinajstić information content (AvgIpc) is 2.99. The van der Waals surface area contributed by atoms with Gasteiger partial charge in [-0.15, -0.1) is 0 Å². The van der Waals surface area contributed by atoms with Crippen molar-refractivity contribution in [2.75, 3.05) is 33.0 Å². The van der Waals surface area contributed by atoms with Crippen LogP contribution in [0.3, 0.4) is 0 Å². The molecule has 1 aliphatic heterocycles. The standard InChI is InChI=1S/C33H42N2O4Si/c1-33(2,3)40(30-10-6-4-7-11-30,31-12-8-5-9-13-31)39-23-28-18-19-34-32(35-28)27-16-14-26(15-17-27)22-37-25-29-24-36-20-21-38-29/h4-13,16,18-19,26,29H,14-15,17,20-25H2,1-3H3. The van der Waals surface area contributed by atoms with Crippen LogP contribution in [-0.2, 0) is 25.2 Å². The third-order valence-electron chi connectivity index (χ3n) is 7.92. The molecule has 40 heavy (non-hydrogen) atoms. The largest absolute Gasteiger partial charge is 0.401 e. The number of ether oxygens (including phenoxy) is 3. The van der Waals surface area contributed by atoms with E-state index in [2.05, 4.69) is 92.5 Å². The summed E-state index contributed by atoms with van der Waals surface area (Å²) in [6.45, 7) is 10.7. The fraction of sp³-hybridized carbons (Fsp3) is 0.455. The number of rotatable bonds is 10. The lowest BCUT2D eigenvalue weighted by Gasteiger charge is -2.43. The molecule has 5 rings (SSSR count). The van der Waals surface area contributed by atoms with E-state index < -0.39 is 8.32 Å². The fourth-order valence-corrected chi connectivity index (χ4v) is 10.3. The van der Waals surface area contributed by atoms with Crippen molar-refractivity contribution in [2.45, 2.75) is 57.8 Å². The van der Waals surface area contributed by atoms with Gasteiger partial charge in [0, 0.05) is 12.8 Å². The van der Waals surface area contributed by atoms with Gasteiger partial charge >= 0.3 is 0 Å². The lowest BCUT2D eigenvalue weighted by atomic mass is 9.90. The monoisotopic (exact) mass is 558 g/mol. The summed E-state index contributed by atoms with van der Waals surface area (Å²) in [6, 6.07) is 23.5. The number of hydrogen-bond donors (Lipinski definition) is 0. The molecule has 3 aromatic rings. The Bertz CT molecular complexity index is 1200. The van der Waals surface area contributed by atoms with Crippen LogP contribution in [-0.4, -0.2) is 57.4 Å². The highest BCUT2D eigenvalue weighted by molar-refractivity contribution is 6.99. The Morgan fingerprint density at radius 2 is 1.65 bits per heavy atom. The molecule has 6 nitrogen and oxygen atoms in total. The Hall–Kier alpha value is -2.68. The molecule has 1 aliphatic carbocycles. The highest BCUT2D eigenvalue weighted by Crippen LogP contribution is 2.37. The van der Waals surface area contributed by atoms with E-state index in [-0.39, 0.29) is 11.1 Å². The molecule has 0 bridgehead atoms. The van der Waals surface area contributed by atoms with E-state index in [1.807, 2.05) is 12.3 Å². The lowest BCUT2D eigenvalue weighted by Crippen LogP contribution is -2.66. The SMILES string of the molecule is CC(C)(C)[Si](OCc1ccnc(C2=CCC(COCC3COCCO3)CC2)n1)(c1ccccc1)c1ccccc1. The second-order valence-electron chi connectivity index (χ2n) is 11.8. The number of benzene rings is 2. The maximum Gasteiger partial charge on any atom is 0.261 e. The van der Waals surface area contributed by atoms with Gasteiger partial charge in [0.1, 0.15) is 6.10 Å². The molecule has 2 unspecified atom stereocenters. The number of allylic oxidation sites excluding steroid dienone is 2. The third-order valence-corrected chi connectivity index (χ3v) is 12.9.